The van der Waals surface area contributed by atoms with Gasteiger partial charge in [-0.1, -0.05) is 0 Å². The van der Waals surface area contributed by atoms with Gasteiger partial charge in [0.05, 0.1) is 17.8 Å². The van der Waals surface area contributed by atoms with E-state index in [1.165, 1.54) is 0 Å². The van der Waals surface area contributed by atoms with Crippen LogP contribution in [-0.2, 0) is 0 Å². The van der Waals surface area contributed by atoms with Gasteiger partial charge in [-0.3, -0.25) is 0 Å². The molecule has 0 fully saturated rings. The number of aliphatic hydroxyl groups is 1. The zero-order valence-corrected chi connectivity index (χ0v) is 8.41. The van der Waals surface area contributed by atoms with E-state index in [1.54, 1.807) is 12.1 Å². The molecule has 0 spiro atoms. The maximum Gasteiger partial charge on any atom is 0.149 e. The number of nitrogens with zero attached hydrogens (tertiary/aromatic N) is 1. The molecule has 1 aromatic rings. The highest BCUT2D eigenvalue weighted by molar-refractivity contribution is 5.61. The largest absolute Gasteiger partial charge is 0.396 e. The molecule has 1 aromatic heterocycles. The van der Waals surface area contributed by atoms with Crippen LogP contribution < -0.4 is 16.8 Å². The van der Waals surface area contributed by atoms with Crippen molar-refractivity contribution in [2.45, 2.75) is 19.4 Å². The van der Waals surface area contributed by atoms with Crippen molar-refractivity contribution in [3.63, 3.8) is 0 Å². The number of aliphatic hydroxyl groups excluding tert-OH is 1. The van der Waals surface area contributed by atoms with Crippen LogP contribution in [0.15, 0.2) is 12.1 Å². The Morgan fingerprint density at radius 1 is 1.43 bits per heavy atom. The van der Waals surface area contributed by atoms with Crippen LogP contribution in [0, 0.1) is 0 Å². The summed E-state index contributed by atoms with van der Waals surface area (Å²) >= 11 is 0. The Morgan fingerprint density at radius 3 is 2.57 bits per heavy atom. The number of nitrogen functional groups attached to an aromatic ring is 2. The summed E-state index contributed by atoms with van der Waals surface area (Å²) in [6, 6.07) is 3.40. The second-order valence-corrected chi connectivity index (χ2v) is 3.84. The molecular formula is C9H16N4O. The van der Waals surface area contributed by atoms with E-state index >= 15 is 0 Å². The zero-order chi connectivity index (χ0) is 10.8. The van der Waals surface area contributed by atoms with Crippen molar-refractivity contribution < 1.29 is 5.11 Å². The summed E-state index contributed by atoms with van der Waals surface area (Å²) in [4.78, 5) is 4.04. The third-order valence-corrected chi connectivity index (χ3v) is 1.82. The van der Waals surface area contributed by atoms with E-state index in [0.717, 1.165) is 0 Å². The van der Waals surface area contributed by atoms with Crippen LogP contribution in [0.4, 0.5) is 17.3 Å². The minimum absolute atomic E-state index is 0.0129. The first kappa shape index (κ1) is 10.6. The van der Waals surface area contributed by atoms with E-state index in [0.29, 0.717) is 17.3 Å². The first-order chi connectivity index (χ1) is 6.44. The number of hydrogen-bond acceptors (Lipinski definition) is 5. The van der Waals surface area contributed by atoms with Crippen LogP contribution in [0.5, 0.6) is 0 Å². The molecule has 0 aliphatic carbocycles. The fourth-order valence-electron chi connectivity index (χ4n) is 0.942. The Balaban J connectivity index is 2.83. The number of pyridine rings is 1. The third-order valence-electron chi connectivity index (χ3n) is 1.82. The monoisotopic (exact) mass is 196 g/mol. The van der Waals surface area contributed by atoms with Gasteiger partial charge in [-0.05, 0) is 26.0 Å². The molecule has 0 radical (unpaired) electrons. The summed E-state index contributed by atoms with van der Waals surface area (Å²) in [5, 5.41) is 12.1. The SMILES string of the molecule is CC(C)(CO)Nc1ccc(N)c(N)n1. The maximum absolute atomic E-state index is 9.03. The normalized spacial score (nSPS) is 11.4. The van der Waals surface area contributed by atoms with Crippen LogP contribution in [-0.4, -0.2) is 22.2 Å². The zero-order valence-electron chi connectivity index (χ0n) is 8.41. The van der Waals surface area contributed by atoms with Gasteiger partial charge in [-0.2, -0.15) is 0 Å². The molecule has 5 heteroatoms. The quantitative estimate of drug-likeness (QED) is 0.562. The number of anilines is 3. The highest BCUT2D eigenvalue weighted by atomic mass is 16.3. The second kappa shape index (κ2) is 3.71. The molecular weight excluding hydrogens is 180 g/mol. The molecule has 0 aliphatic heterocycles. The fraction of sp³-hybridized carbons (Fsp3) is 0.444. The van der Waals surface area contributed by atoms with E-state index < -0.39 is 5.54 Å². The van der Waals surface area contributed by atoms with Crippen LogP contribution in [0.2, 0.25) is 0 Å². The van der Waals surface area contributed by atoms with Crippen LogP contribution in [0.25, 0.3) is 0 Å². The number of rotatable bonds is 3. The van der Waals surface area contributed by atoms with Crippen LogP contribution in [0.3, 0.4) is 0 Å². The van der Waals surface area contributed by atoms with Crippen molar-refractivity contribution in [2.24, 2.45) is 0 Å². The first-order valence-corrected chi connectivity index (χ1v) is 4.36. The molecule has 0 saturated heterocycles. The maximum atomic E-state index is 9.03. The van der Waals surface area contributed by atoms with Crippen molar-refractivity contribution in [1.82, 2.24) is 4.98 Å². The first-order valence-electron chi connectivity index (χ1n) is 4.36. The van der Waals surface area contributed by atoms with Gasteiger partial charge in [0.15, 0.2) is 0 Å². The molecule has 0 saturated carbocycles. The molecule has 1 heterocycles. The number of aromatic nitrogens is 1. The second-order valence-electron chi connectivity index (χ2n) is 3.84. The molecule has 0 bridgehead atoms. The van der Waals surface area contributed by atoms with Crippen LogP contribution in [0.1, 0.15) is 13.8 Å². The Labute approximate surface area is 83.1 Å². The molecule has 0 atom stereocenters. The number of hydrogen-bond donors (Lipinski definition) is 4. The molecule has 0 amide bonds. The lowest BCUT2D eigenvalue weighted by Gasteiger charge is -2.24. The van der Waals surface area contributed by atoms with E-state index in [9.17, 15) is 0 Å². The summed E-state index contributed by atoms with van der Waals surface area (Å²) in [7, 11) is 0. The summed E-state index contributed by atoms with van der Waals surface area (Å²) < 4.78 is 0. The van der Waals surface area contributed by atoms with Crippen molar-refractivity contribution in [3.05, 3.63) is 12.1 Å². The highest BCUT2D eigenvalue weighted by Crippen LogP contribution is 2.17. The van der Waals surface area contributed by atoms with Gasteiger partial charge in [0.2, 0.25) is 0 Å². The molecule has 14 heavy (non-hydrogen) atoms. The predicted molar refractivity (Wildman–Crippen MR) is 57.8 cm³/mol. The topological polar surface area (TPSA) is 97.2 Å². The molecule has 6 N–H and O–H groups in total. The van der Waals surface area contributed by atoms with Crippen molar-refractivity contribution in [1.29, 1.82) is 0 Å². The lowest BCUT2D eigenvalue weighted by atomic mass is 10.1. The van der Waals surface area contributed by atoms with E-state index in [-0.39, 0.29) is 6.61 Å². The Hall–Kier alpha value is -1.49. The average Bonchev–Trinajstić information content (AvgIpc) is 2.11. The molecule has 5 nitrogen and oxygen atoms in total. The number of nitrogens with one attached hydrogen (secondary N) is 1. The van der Waals surface area contributed by atoms with Gasteiger partial charge in [0.1, 0.15) is 11.6 Å². The fourth-order valence-corrected chi connectivity index (χ4v) is 0.942. The van der Waals surface area contributed by atoms with E-state index in [2.05, 4.69) is 10.3 Å². The highest BCUT2D eigenvalue weighted by Gasteiger charge is 2.16. The van der Waals surface area contributed by atoms with Crippen molar-refractivity contribution in [3.8, 4) is 0 Å². The molecule has 0 aliphatic rings. The summed E-state index contributed by atoms with van der Waals surface area (Å²) in [5.74, 6) is 0.902. The lowest BCUT2D eigenvalue weighted by molar-refractivity contribution is 0.234. The minimum atomic E-state index is -0.421. The Kier molecular flexibility index (Phi) is 2.81. The molecule has 0 aromatic carbocycles. The number of nitrogens with two attached hydrogens (primary N) is 2. The van der Waals surface area contributed by atoms with Gasteiger partial charge in [0.25, 0.3) is 0 Å². The Bertz CT molecular complexity index is 325. The van der Waals surface area contributed by atoms with Crippen molar-refractivity contribution in [2.75, 3.05) is 23.4 Å². The van der Waals surface area contributed by atoms with Crippen LogP contribution >= 0.6 is 0 Å². The predicted octanol–water partition coefficient (Wildman–Crippen LogP) is 0.429. The molecule has 1 rings (SSSR count). The lowest BCUT2D eigenvalue weighted by Crippen LogP contribution is -2.35. The average molecular weight is 196 g/mol. The van der Waals surface area contributed by atoms with Crippen molar-refractivity contribution >= 4 is 17.3 Å². The van der Waals surface area contributed by atoms with Gasteiger partial charge in [-0.25, -0.2) is 4.98 Å². The van der Waals surface area contributed by atoms with Gasteiger partial charge in [-0.15, -0.1) is 0 Å². The molecule has 0 unspecified atom stereocenters. The smallest absolute Gasteiger partial charge is 0.149 e. The molecule has 78 valence electrons. The van der Waals surface area contributed by atoms with Gasteiger partial charge in [0, 0.05) is 0 Å². The van der Waals surface area contributed by atoms with Gasteiger partial charge < -0.3 is 21.9 Å². The third kappa shape index (κ3) is 2.50. The standard InChI is InChI=1S/C9H16N4O/c1-9(2,5-14)13-7-4-3-6(10)8(11)12-7/h3-4,14H,5,10H2,1-2H3,(H3,11,12,13). The summed E-state index contributed by atoms with van der Waals surface area (Å²) in [5.41, 5.74) is 11.1. The Morgan fingerprint density at radius 2 is 2.07 bits per heavy atom. The van der Waals surface area contributed by atoms with E-state index in [1.807, 2.05) is 13.8 Å². The minimum Gasteiger partial charge on any atom is -0.396 e. The summed E-state index contributed by atoms with van der Waals surface area (Å²) in [6.07, 6.45) is 0. The van der Waals surface area contributed by atoms with Gasteiger partial charge >= 0.3 is 0 Å². The van der Waals surface area contributed by atoms with E-state index in [4.69, 9.17) is 16.6 Å². The summed E-state index contributed by atoms with van der Waals surface area (Å²) in [6.45, 7) is 3.74.